The van der Waals surface area contributed by atoms with Crippen molar-refractivity contribution >= 4 is 23.4 Å². The van der Waals surface area contributed by atoms with Crippen molar-refractivity contribution in [2.24, 2.45) is 23.7 Å². The van der Waals surface area contributed by atoms with Gasteiger partial charge in [-0.25, -0.2) is 0 Å². The fourth-order valence-corrected chi connectivity index (χ4v) is 5.34. The third-order valence-corrected chi connectivity index (χ3v) is 6.84. The van der Waals surface area contributed by atoms with Crippen LogP contribution in [0.25, 0.3) is 0 Å². The molecule has 3 aliphatic rings. The predicted molar refractivity (Wildman–Crippen MR) is 115 cm³/mol. The quantitative estimate of drug-likeness (QED) is 0.443. The Labute approximate surface area is 180 Å². The molecular formula is C25H24N2O4. The topological polar surface area (TPSA) is 86.7 Å². The summed E-state index contributed by atoms with van der Waals surface area (Å²) < 4.78 is 0. The average molecular weight is 416 g/mol. The lowest BCUT2D eigenvalue weighted by Crippen LogP contribution is -2.38. The molecule has 6 heteroatoms. The highest BCUT2D eigenvalue weighted by Crippen LogP contribution is 2.54. The van der Waals surface area contributed by atoms with Crippen LogP contribution in [-0.2, 0) is 14.4 Å². The van der Waals surface area contributed by atoms with Gasteiger partial charge in [-0.15, -0.1) is 0 Å². The number of nitrogens with one attached hydrogen (secondary N) is 1. The molecule has 2 aromatic rings. The number of carbonyl (C=O) groups is 3. The summed E-state index contributed by atoms with van der Waals surface area (Å²) in [5.74, 6) is -1.14. The Morgan fingerprint density at radius 3 is 2.26 bits per heavy atom. The molecule has 5 atom stereocenters. The zero-order chi connectivity index (χ0) is 21.7. The second-order valence-corrected chi connectivity index (χ2v) is 8.74. The number of carbonyl (C=O) groups excluding carboxylic acids is 3. The molecular weight excluding hydrogens is 392 g/mol. The highest BCUT2D eigenvalue weighted by atomic mass is 16.3. The number of benzene rings is 2. The van der Waals surface area contributed by atoms with E-state index in [1.54, 1.807) is 18.2 Å². The number of anilines is 1. The molecule has 1 aliphatic heterocycles. The van der Waals surface area contributed by atoms with E-state index in [9.17, 15) is 19.5 Å². The number of phenols is 1. The summed E-state index contributed by atoms with van der Waals surface area (Å²) in [6.07, 6.45) is 4.92. The number of aryl methyl sites for hydroxylation is 1. The van der Waals surface area contributed by atoms with E-state index in [1.807, 2.05) is 31.2 Å². The van der Waals surface area contributed by atoms with Gasteiger partial charge in [0, 0.05) is 0 Å². The molecule has 2 fully saturated rings. The van der Waals surface area contributed by atoms with Crippen LogP contribution >= 0.6 is 0 Å². The number of allylic oxidation sites excluding steroid dienone is 2. The van der Waals surface area contributed by atoms with E-state index in [4.69, 9.17) is 0 Å². The van der Waals surface area contributed by atoms with Crippen LogP contribution in [0.3, 0.4) is 0 Å². The van der Waals surface area contributed by atoms with Gasteiger partial charge in [0.25, 0.3) is 0 Å². The summed E-state index contributed by atoms with van der Waals surface area (Å²) in [5.41, 5.74) is 2.10. The zero-order valence-electron chi connectivity index (χ0n) is 17.2. The second-order valence-electron chi connectivity index (χ2n) is 8.74. The molecule has 158 valence electrons. The Hall–Kier alpha value is -3.41. The minimum Gasteiger partial charge on any atom is -0.506 e. The van der Waals surface area contributed by atoms with E-state index in [0.29, 0.717) is 5.69 Å². The zero-order valence-corrected chi connectivity index (χ0v) is 17.2. The van der Waals surface area contributed by atoms with Crippen LogP contribution in [0.4, 0.5) is 5.69 Å². The average Bonchev–Trinajstić information content (AvgIpc) is 3.43. The predicted octanol–water partition coefficient (Wildman–Crippen LogP) is 3.58. The van der Waals surface area contributed by atoms with Crippen LogP contribution in [0.5, 0.6) is 5.75 Å². The highest BCUT2D eigenvalue weighted by Gasteiger charge is 2.60. The van der Waals surface area contributed by atoms with Gasteiger partial charge in [-0.1, -0.05) is 54.1 Å². The molecule has 31 heavy (non-hydrogen) atoms. The molecule has 1 heterocycles. The van der Waals surface area contributed by atoms with Crippen LogP contribution in [-0.4, -0.2) is 27.7 Å². The van der Waals surface area contributed by atoms with E-state index >= 15 is 0 Å². The number of hydrogen-bond acceptors (Lipinski definition) is 4. The maximum atomic E-state index is 13.4. The van der Waals surface area contributed by atoms with Gasteiger partial charge < -0.3 is 10.4 Å². The number of amides is 3. The van der Waals surface area contributed by atoms with Crippen LogP contribution in [0.1, 0.15) is 30.0 Å². The van der Waals surface area contributed by atoms with E-state index in [2.05, 4.69) is 17.5 Å². The Balaban J connectivity index is 1.45. The first-order valence-electron chi connectivity index (χ1n) is 10.6. The van der Waals surface area contributed by atoms with E-state index in [0.717, 1.165) is 17.5 Å². The molecule has 2 bridgehead atoms. The molecule has 6 nitrogen and oxygen atoms in total. The monoisotopic (exact) mass is 416 g/mol. The van der Waals surface area contributed by atoms with Gasteiger partial charge in [-0.2, -0.15) is 0 Å². The molecule has 0 spiro atoms. The van der Waals surface area contributed by atoms with Crippen molar-refractivity contribution in [3.8, 4) is 5.75 Å². The summed E-state index contributed by atoms with van der Waals surface area (Å²) >= 11 is 0. The molecule has 3 amide bonds. The lowest BCUT2D eigenvalue weighted by molar-refractivity contribution is -0.144. The van der Waals surface area contributed by atoms with E-state index < -0.39 is 6.04 Å². The molecule has 0 aromatic heterocycles. The molecule has 5 rings (SSSR count). The Morgan fingerprint density at radius 2 is 1.65 bits per heavy atom. The number of likely N-dealkylation sites (tertiary alicyclic amines) is 1. The third kappa shape index (κ3) is 3.23. The first-order valence-corrected chi connectivity index (χ1v) is 10.6. The fraction of sp³-hybridized carbons (Fsp3) is 0.320. The normalized spacial score (nSPS) is 26.9. The van der Waals surface area contributed by atoms with Crippen LogP contribution in [0.2, 0.25) is 0 Å². The summed E-state index contributed by atoms with van der Waals surface area (Å²) in [7, 11) is 0. The highest BCUT2D eigenvalue weighted by molar-refractivity contribution is 6.07. The summed E-state index contributed by atoms with van der Waals surface area (Å²) in [4.78, 5) is 40.9. The van der Waals surface area contributed by atoms with Crippen molar-refractivity contribution in [2.75, 3.05) is 5.32 Å². The number of fused-ring (bicyclic) bond motifs is 5. The van der Waals surface area contributed by atoms with Crippen molar-refractivity contribution in [2.45, 2.75) is 25.8 Å². The number of aromatic hydroxyl groups is 1. The standard InChI is InChI=1S/C25H24N2O4/c1-14-6-8-15(9-7-14)19(13-21(29)26-18-4-2-3-5-20(18)28)27-24(30)22-16-10-11-17(12-16)23(22)25(27)31/h2-11,16-17,19,22-23,28H,12-13H2,1H3,(H,26,29). The Morgan fingerprint density at radius 1 is 1.03 bits per heavy atom. The second kappa shape index (κ2) is 7.38. The van der Waals surface area contributed by atoms with Crippen molar-refractivity contribution in [3.63, 3.8) is 0 Å². The lowest BCUT2D eigenvalue weighted by atomic mass is 9.85. The molecule has 2 aromatic carbocycles. The largest absolute Gasteiger partial charge is 0.506 e. The van der Waals surface area contributed by atoms with Crippen molar-refractivity contribution in [3.05, 3.63) is 71.8 Å². The third-order valence-electron chi connectivity index (χ3n) is 6.84. The van der Waals surface area contributed by atoms with Gasteiger partial charge in [0.15, 0.2) is 0 Å². The van der Waals surface area contributed by atoms with Crippen LogP contribution in [0, 0.1) is 30.6 Å². The van der Waals surface area contributed by atoms with Gasteiger partial charge in [0.2, 0.25) is 17.7 Å². The molecule has 1 saturated heterocycles. The number of imide groups is 1. The fourth-order valence-electron chi connectivity index (χ4n) is 5.34. The number of phenolic OH excluding ortho intramolecular Hbond substituents is 1. The minimum absolute atomic E-state index is 0.0340. The molecule has 2 aliphatic carbocycles. The van der Waals surface area contributed by atoms with Gasteiger partial charge in [-0.05, 0) is 42.9 Å². The van der Waals surface area contributed by atoms with Crippen molar-refractivity contribution in [1.29, 1.82) is 0 Å². The summed E-state index contributed by atoms with van der Waals surface area (Å²) in [5, 5.41) is 12.7. The number of nitrogens with zero attached hydrogens (tertiary/aromatic N) is 1. The Kier molecular flexibility index (Phi) is 4.65. The van der Waals surface area contributed by atoms with Crippen molar-refractivity contribution < 1.29 is 19.5 Å². The number of hydrogen-bond donors (Lipinski definition) is 2. The number of para-hydroxylation sites is 2. The minimum atomic E-state index is -0.684. The van der Waals surface area contributed by atoms with E-state index in [1.165, 1.54) is 11.0 Å². The lowest BCUT2D eigenvalue weighted by Gasteiger charge is -2.28. The summed E-state index contributed by atoms with van der Waals surface area (Å²) in [6.45, 7) is 1.96. The van der Waals surface area contributed by atoms with Gasteiger partial charge in [0.1, 0.15) is 5.75 Å². The summed E-state index contributed by atoms with van der Waals surface area (Å²) in [6, 6.07) is 13.4. The first-order chi connectivity index (χ1) is 14.9. The maximum absolute atomic E-state index is 13.4. The molecule has 0 radical (unpaired) electrons. The van der Waals surface area contributed by atoms with Crippen LogP contribution in [0.15, 0.2) is 60.7 Å². The molecule has 2 N–H and O–H groups in total. The van der Waals surface area contributed by atoms with Gasteiger partial charge in [-0.3, -0.25) is 19.3 Å². The van der Waals surface area contributed by atoms with Gasteiger partial charge in [0.05, 0.1) is 30.0 Å². The Bertz CT molecular complexity index is 1060. The van der Waals surface area contributed by atoms with Crippen molar-refractivity contribution in [1.82, 2.24) is 4.90 Å². The van der Waals surface area contributed by atoms with Crippen LogP contribution < -0.4 is 5.32 Å². The number of rotatable bonds is 5. The molecule has 5 unspecified atom stereocenters. The van der Waals surface area contributed by atoms with Gasteiger partial charge >= 0.3 is 0 Å². The molecule has 1 saturated carbocycles. The first kappa shape index (κ1) is 19.5. The smallest absolute Gasteiger partial charge is 0.234 e. The maximum Gasteiger partial charge on any atom is 0.234 e. The van der Waals surface area contributed by atoms with E-state index in [-0.39, 0.29) is 53.6 Å². The SMILES string of the molecule is Cc1ccc(C(CC(=O)Nc2ccccc2O)N2C(=O)C3C4C=CC(C4)C3C2=O)cc1.